The number of hydrogen-bond acceptors (Lipinski definition) is 6. The number of piperidine rings is 1. The molecule has 1 N–H and O–H groups in total. The first-order valence-corrected chi connectivity index (χ1v) is 9.81. The van der Waals surface area contributed by atoms with Gasteiger partial charge in [-0.05, 0) is 49.0 Å². The number of nitrogens with one attached hydrogen (secondary N) is 1. The third kappa shape index (κ3) is 4.26. The molecule has 11 heteroatoms. The highest BCUT2D eigenvalue weighted by molar-refractivity contribution is 7.89. The largest absolute Gasteiger partial charge is 0.492 e. The number of carbonyl (C=O) groups excluding carboxylic acids is 1. The third-order valence-electron chi connectivity index (χ3n) is 4.68. The van der Waals surface area contributed by atoms with Crippen LogP contribution >= 0.6 is 0 Å². The van der Waals surface area contributed by atoms with Crippen LogP contribution in [-0.2, 0) is 24.4 Å². The van der Waals surface area contributed by atoms with E-state index in [-0.39, 0.29) is 22.4 Å². The first-order chi connectivity index (χ1) is 12.6. The number of alkyl halides is 3. The van der Waals surface area contributed by atoms with Crippen molar-refractivity contribution in [1.82, 2.24) is 9.79 Å². The summed E-state index contributed by atoms with van der Waals surface area (Å²) in [6.45, 7) is 1.15. The first kappa shape index (κ1) is 20.1. The summed E-state index contributed by atoms with van der Waals surface area (Å²) in [5.74, 6) is -2.59. The van der Waals surface area contributed by atoms with Crippen molar-refractivity contribution in [3.05, 3.63) is 30.3 Å². The van der Waals surface area contributed by atoms with Gasteiger partial charge in [-0.1, -0.05) is 18.2 Å². The lowest BCUT2D eigenvalue weighted by atomic mass is 9.88. The first-order valence-electron chi connectivity index (χ1n) is 8.37. The maximum Gasteiger partial charge on any atom is 0.492 e. The Labute approximate surface area is 154 Å². The number of hydrogen-bond donors (Lipinski definition) is 1. The van der Waals surface area contributed by atoms with Gasteiger partial charge in [0.1, 0.15) is 0 Å². The van der Waals surface area contributed by atoms with E-state index in [2.05, 4.69) is 10.2 Å². The topological polar surface area (TPSA) is 84.9 Å². The molecule has 1 spiro atoms. The van der Waals surface area contributed by atoms with Crippen molar-refractivity contribution in [2.45, 2.75) is 42.0 Å². The Balaban J connectivity index is 1.90. The minimum absolute atomic E-state index is 0.145. The normalized spacial score (nSPS) is 22.9. The minimum atomic E-state index is -5.32. The van der Waals surface area contributed by atoms with Crippen LogP contribution in [0.2, 0.25) is 0 Å². The number of rotatable bonds is 4. The summed E-state index contributed by atoms with van der Waals surface area (Å²) in [6, 6.07) is 5.82. The van der Waals surface area contributed by atoms with Crippen LogP contribution < -0.4 is 5.32 Å². The van der Waals surface area contributed by atoms with Gasteiger partial charge < -0.3 is 14.9 Å². The van der Waals surface area contributed by atoms with E-state index >= 15 is 0 Å². The van der Waals surface area contributed by atoms with E-state index in [1.807, 2.05) is 0 Å². The Morgan fingerprint density at radius 1 is 1.22 bits per heavy atom. The van der Waals surface area contributed by atoms with E-state index in [0.717, 1.165) is 0 Å². The summed E-state index contributed by atoms with van der Waals surface area (Å²) < 4.78 is 69.7. The summed E-state index contributed by atoms with van der Waals surface area (Å²) in [4.78, 5) is 15.4. The fourth-order valence-corrected chi connectivity index (χ4v) is 4.74. The molecule has 2 fully saturated rings. The van der Waals surface area contributed by atoms with E-state index < -0.39 is 33.8 Å². The second kappa shape index (κ2) is 7.38. The van der Waals surface area contributed by atoms with Crippen LogP contribution in [-0.4, -0.2) is 56.4 Å². The highest BCUT2D eigenvalue weighted by atomic mass is 32.2. The monoisotopic (exact) mass is 408 g/mol. The summed E-state index contributed by atoms with van der Waals surface area (Å²) >= 11 is 0. The Kier molecular flexibility index (Phi) is 5.48. The summed E-state index contributed by atoms with van der Waals surface area (Å²) in [5.41, 5.74) is -0.634. The van der Waals surface area contributed by atoms with Crippen LogP contribution in [0, 0.1) is 0 Å². The lowest BCUT2D eigenvalue weighted by molar-refractivity contribution is -0.227. The molecule has 1 aromatic rings. The van der Waals surface area contributed by atoms with Crippen molar-refractivity contribution >= 4 is 16.0 Å². The number of hydroxylamine groups is 1. The van der Waals surface area contributed by atoms with E-state index in [0.29, 0.717) is 25.9 Å². The van der Waals surface area contributed by atoms with E-state index in [9.17, 15) is 26.4 Å². The molecule has 0 aromatic heterocycles. The number of benzene rings is 1. The van der Waals surface area contributed by atoms with Crippen LogP contribution in [0.4, 0.5) is 13.2 Å². The second-order valence-electron chi connectivity index (χ2n) is 6.55. The predicted octanol–water partition coefficient (Wildman–Crippen LogP) is 1.61. The molecule has 0 saturated carbocycles. The Bertz CT molecular complexity index is 779. The Morgan fingerprint density at radius 3 is 2.44 bits per heavy atom. The molecule has 7 nitrogen and oxygen atoms in total. The molecule has 1 aromatic carbocycles. The summed E-state index contributed by atoms with van der Waals surface area (Å²) in [6.07, 6.45) is -3.99. The Hall–Kier alpha value is -1.69. The van der Waals surface area contributed by atoms with Crippen molar-refractivity contribution in [2.24, 2.45) is 0 Å². The molecule has 0 amide bonds. The maximum absolute atomic E-state index is 12.9. The lowest BCUT2D eigenvalue weighted by Crippen LogP contribution is -2.46. The third-order valence-corrected chi connectivity index (χ3v) is 6.40. The maximum atomic E-state index is 12.9. The van der Waals surface area contributed by atoms with Gasteiger partial charge in [0.15, 0.2) is 0 Å². The van der Waals surface area contributed by atoms with E-state index in [1.54, 1.807) is 6.07 Å². The van der Waals surface area contributed by atoms with Crippen LogP contribution in [0.5, 0.6) is 0 Å². The summed E-state index contributed by atoms with van der Waals surface area (Å²) in [5, 5.41) is 3.14. The zero-order valence-electron chi connectivity index (χ0n) is 14.2. The fourth-order valence-electron chi connectivity index (χ4n) is 3.34. The van der Waals surface area contributed by atoms with E-state index in [4.69, 9.17) is 4.74 Å². The van der Waals surface area contributed by atoms with Gasteiger partial charge in [0.25, 0.3) is 10.0 Å². The van der Waals surface area contributed by atoms with Crippen molar-refractivity contribution in [1.29, 1.82) is 0 Å². The van der Waals surface area contributed by atoms with Crippen LogP contribution in [0.25, 0.3) is 0 Å². The molecule has 2 aliphatic rings. The van der Waals surface area contributed by atoms with E-state index in [1.165, 1.54) is 24.3 Å². The molecule has 1 atom stereocenters. The smallest absolute Gasteiger partial charge is 0.373 e. The molecular weight excluding hydrogens is 389 g/mol. The quantitative estimate of drug-likeness (QED) is 0.762. The van der Waals surface area contributed by atoms with Crippen LogP contribution in [0.15, 0.2) is 35.2 Å². The average Bonchev–Trinajstić information content (AvgIpc) is 3.02. The number of carbonyl (C=O) groups is 1. The highest BCUT2D eigenvalue weighted by Gasteiger charge is 2.51. The predicted molar refractivity (Wildman–Crippen MR) is 86.8 cm³/mol. The molecule has 0 bridgehead atoms. The number of sulfonamides is 1. The van der Waals surface area contributed by atoms with Crippen molar-refractivity contribution < 1.29 is 36.0 Å². The Morgan fingerprint density at radius 2 is 1.85 bits per heavy atom. The molecule has 2 aliphatic heterocycles. The molecule has 0 unspecified atom stereocenters. The zero-order chi connectivity index (χ0) is 19.7. The van der Waals surface area contributed by atoms with Gasteiger partial charge in [0, 0.05) is 0 Å². The fraction of sp³-hybridized carbons (Fsp3) is 0.562. The molecule has 2 heterocycles. The number of nitrogens with zero attached hydrogens (tertiary/aromatic N) is 1. The lowest BCUT2D eigenvalue weighted by Gasteiger charge is -2.33. The zero-order valence-corrected chi connectivity index (χ0v) is 15.1. The van der Waals surface area contributed by atoms with Gasteiger partial charge in [0.05, 0.1) is 23.1 Å². The minimum Gasteiger partial charge on any atom is -0.373 e. The standard InChI is InChI=1S/C16H19F3N2O5S/c17-16(18,19)14(22)26-21(27(23,24)13-4-2-1-3-5-13)12-10-15(25-11-12)6-8-20-9-7-15/h1-5,12,20H,6-11H2/t12-/m1/s1. The molecule has 0 radical (unpaired) electrons. The van der Waals surface area contributed by atoms with Crippen LogP contribution in [0.3, 0.4) is 0 Å². The number of ether oxygens (including phenoxy) is 1. The molecule has 2 saturated heterocycles. The highest BCUT2D eigenvalue weighted by Crippen LogP contribution is 2.38. The molecule has 3 rings (SSSR count). The van der Waals surface area contributed by atoms with Gasteiger partial charge in [-0.2, -0.15) is 13.2 Å². The second-order valence-corrected chi connectivity index (χ2v) is 8.33. The number of halogens is 3. The van der Waals surface area contributed by atoms with Crippen molar-refractivity contribution in [2.75, 3.05) is 19.7 Å². The SMILES string of the molecule is O=C(ON([C@H]1COC2(CCNCC2)C1)S(=O)(=O)c1ccccc1)C(F)(F)F. The van der Waals surface area contributed by atoms with Crippen molar-refractivity contribution in [3.63, 3.8) is 0 Å². The average molecular weight is 408 g/mol. The molecular formula is C16H19F3N2O5S. The summed E-state index contributed by atoms with van der Waals surface area (Å²) in [7, 11) is -4.50. The van der Waals surface area contributed by atoms with Gasteiger partial charge in [-0.15, -0.1) is 0 Å². The van der Waals surface area contributed by atoms with Gasteiger partial charge in [-0.25, -0.2) is 13.2 Å². The molecule has 150 valence electrons. The van der Waals surface area contributed by atoms with Crippen molar-refractivity contribution in [3.8, 4) is 0 Å². The van der Waals surface area contributed by atoms with Crippen LogP contribution in [0.1, 0.15) is 19.3 Å². The van der Waals surface area contributed by atoms with Gasteiger partial charge >= 0.3 is 12.1 Å². The van der Waals surface area contributed by atoms with Gasteiger partial charge in [-0.3, -0.25) is 0 Å². The molecule has 0 aliphatic carbocycles. The van der Waals surface area contributed by atoms with Gasteiger partial charge in [0.2, 0.25) is 0 Å². The molecule has 27 heavy (non-hydrogen) atoms.